The van der Waals surface area contributed by atoms with Gasteiger partial charge in [-0.25, -0.2) is 14.4 Å². The minimum atomic E-state index is -0.569. The molecular weight excluding hydrogens is 361 g/mol. The van der Waals surface area contributed by atoms with Gasteiger partial charge in [0.2, 0.25) is 5.91 Å². The number of amides is 2. The molecule has 1 saturated carbocycles. The van der Waals surface area contributed by atoms with E-state index in [0.717, 1.165) is 18.5 Å². The zero-order valence-corrected chi connectivity index (χ0v) is 15.6. The molecule has 0 spiro atoms. The highest BCUT2D eigenvalue weighted by Crippen LogP contribution is 2.36. The van der Waals surface area contributed by atoms with E-state index < -0.39 is 5.82 Å². The van der Waals surface area contributed by atoms with Gasteiger partial charge in [0.15, 0.2) is 5.65 Å². The molecular formula is C20H20FN5O2. The van der Waals surface area contributed by atoms with Crippen LogP contribution in [0.1, 0.15) is 43.1 Å². The monoisotopic (exact) mass is 381 g/mol. The van der Waals surface area contributed by atoms with E-state index in [9.17, 15) is 14.0 Å². The Labute approximate surface area is 161 Å². The first-order chi connectivity index (χ1) is 13.4. The smallest absolute Gasteiger partial charge is 0.257 e. The summed E-state index contributed by atoms with van der Waals surface area (Å²) in [5.74, 6) is -1.54. The number of hydrogen-bond acceptors (Lipinski definition) is 4. The van der Waals surface area contributed by atoms with Crippen LogP contribution >= 0.6 is 0 Å². The molecule has 3 aromatic rings. The van der Waals surface area contributed by atoms with Crippen molar-refractivity contribution in [1.29, 1.82) is 0 Å². The molecule has 0 saturated heterocycles. The number of aromatic nitrogens is 3. The van der Waals surface area contributed by atoms with Crippen molar-refractivity contribution in [3.8, 4) is 0 Å². The fourth-order valence-electron chi connectivity index (χ4n) is 2.84. The zero-order chi connectivity index (χ0) is 19.8. The molecule has 1 aliphatic carbocycles. The van der Waals surface area contributed by atoms with E-state index in [1.807, 2.05) is 4.57 Å². The molecule has 0 bridgehead atoms. The zero-order valence-electron chi connectivity index (χ0n) is 15.6. The number of fused-ring (bicyclic) bond motifs is 1. The van der Waals surface area contributed by atoms with Crippen LogP contribution in [0.5, 0.6) is 0 Å². The van der Waals surface area contributed by atoms with E-state index in [1.165, 1.54) is 24.4 Å². The predicted molar refractivity (Wildman–Crippen MR) is 104 cm³/mol. The third-order valence-corrected chi connectivity index (χ3v) is 4.62. The Morgan fingerprint density at radius 1 is 1.18 bits per heavy atom. The maximum Gasteiger partial charge on any atom is 0.257 e. The summed E-state index contributed by atoms with van der Waals surface area (Å²) >= 11 is 0. The number of imidazole rings is 1. The summed E-state index contributed by atoms with van der Waals surface area (Å²) in [5.41, 5.74) is 2.16. The molecule has 0 aliphatic heterocycles. The lowest BCUT2D eigenvalue weighted by atomic mass is 10.2. The molecule has 0 unspecified atom stereocenters. The minimum Gasteiger partial charge on any atom is -0.323 e. The highest BCUT2D eigenvalue weighted by Gasteiger charge is 2.25. The van der Waals surface area contributed by atoms with Crippen LogP contribution in [-0.2, 0) is 4.79 Å². The van der Waals surface area contributed by atoms with Crippen molar-refractivity contribution in [2.24, 2.45) is 5.92 Å². The van der Waals surface area contributed by atoms with Crippen molar-refractivity contribution in [3.63, 3.8) is 0 Å². The average molecular weight is 381 g/mol. The van der Waals surface area contributed by atoms with Gasteiger partial charge in [-0.3, -0.25) is 9.59 Å². The minimum absolute atomic E-state index is 0.0215. The van der Waals surface area contributed by atoms with E-state index in [1.54, 1.807) is 26.2 Å². The van der Waals surface area contributed by atoms with Crippen LogP contribution in [-0.4, -0.2) is 26.3 Å². The highest BCUT2D eigenvalue weighted by atomic mass is 19.1. The second-order valence-electron chi connectivity index (χ2n) is 7.24. The van der Waals surface area contributed by atoms with Gasteiger partial charge in [-0.15, -0.1) is 0 Å². The normalized spacial score (nSPS) is 13.7. The van der Waals surface area contributed by atoms with Crippen LogP contribution in [0.2, 0.25) is 0 Å². The topological polar surface area (TPSA) is 88.9 Å². The molecule has 28 heavy (non-hydrogen) atoms. The van der Waals surface area contributed by atoms with Crippen molar-refractivity contribution < 1.29 is 14.0 Å². The maximum atomic E-state index is 14.0. The largest absolute Gasteiger partial charge is 0.323 e. The van der Waals surface area contributed by atoms with Crippen molar-refractivity contribution >= 4 is 34.4 Å². The van der Waals surface area contributed by atoms with E-state index in [2.05, 4.69) is 20.6 Å². The van der Waals surface area contributed by atoms with Crippen molar-refractivity contribution in [1.82, 2.24) is 14.5 Å². The number of nitrogens with zero attached hydrogens (tertiary/aromatic N) is 3. The van der Waals surface area contributed by atoms with Gasteiger partial charge < -0.3 is 15.2 Å². The number of nitrogens with one attached hydrogen (secondary N) is 2. The fraction of sp³-hybridized carbons (Fsp3) is 0.300. The Hall–Kier alpha value is -3.29. The standard InChI is InChI=1S/C20H20FN5O2/c1-11(2)19(27)25-16-8-13(3-6-15(16)21)24-20(28)12-7-17-18(22-9-12)26(10-23-17)14-4-5-14/h3,6-11,14H,4-5H2,1-2H3,(H,24,28)(H,25,27). The number of benzene rings is 1. The van der Waals surface area contributed by atoms with E-state index in [0.29, 0.717) is 22.8 Å². The van der Waals surface area contributed by atoms with Gasteiger partial charge in [-0.05, 0) is 37.1 Å². The molecule has 144 valence electrons. The third-order valence-electron chi connectivity index (χ3n) is 4.62. The molecule has 1 aromatic carbocycles. The Kier molecular flexibility index (Phi) is 4.54. The summed E-state index contributed by atoms with van der Waals surface area (Å²) in [7, 11) is 0. The molecule has 1 aliphatic rings. The van der Waals surface area contributed by atoms with Gasteiger partial charge in [-0.2, -0.15) is 0 Å². The summed E-state index contributed by atoms with van der Waals surface area (Å²) < 4.78 is 16.0. The molecule has 2 amide bonds. The number of pyridine rings is 1. The van der Waals surface area contributed by atoms with Gasteiger partial charge in [0.1, 0.15) is 11.3 Å². The average Bonchev–Trinajstić information content (AvgIpc) is 3.43. The first-order valence-electron chi connectivity index (χ1n) is 9.16. The lowest BCUT2D eigenvalue weighted by Crippen LogP contribution is -2.19. The summed E-state index contributed by atoms with van der Waals surface area (Å²) in [6.45, 7) is 3.43. The second-order valence-corrected chi connectivity index (χ2v) is 7.24. The summed E-state index contributed by atoms with van der Waals surface area (Å²) in [6, 6.07) is 6.16. The van der Waals surface area contributed by atoms with Gasteiger partial charge >= 0.3 is 0 Å². The van der Waals surface area contributed by atoms with Crippen LogP contribution in [0.3, 0.4) is 0 Å². The lowest BCUT2D eigenvalue weighted by molar-refractivity contribution is -0.118. The van der Waals surface area contributed by atoms with Crippen molar-refractivity contribution in [2.75, 3.05) is 10.6 Å². The number of carbonyl (C=O) groups is 2. The van der Waals surface area contributed by atoms with E-state index in [-0.39, 0.29) is 23.4 Å². The second kappa shape index (κ2) is 7.03. The molecule has 2 N–H and O–H groups in total. The summed E-state index contributed by atoms with van der Waals surface area (Å²) in [5, 5.41) is 5.22. The first-order valence-corrected chi connectivity index (χ1v) is 9.16. The SMILES string of the molecule is CC(C)C(=O)Nc1cc(NC(=O)c2cnc3c(c2)ncn3C2CC2)ccc1F. The fourth-order valence-corrected chi connectivity index (χ4v) is 2.84. The van der Waals surface area contributed by atoms with E-state index in [4.69, 9.17) is 0 Å². The molecule has 7 nitrogen and oxygen atoms in total. The lowest BCUT2D eigenvalue weighted by Gasteiger charge is -2.11. The predicted octanol–water partition coefficient (Wildman–Crippen LogP) is 3.75. The van der Waals surface area contributed by atoms with Gasteiger partial charge in [0, 0.05) is 23.8 Å². The highest BCUT2D eigenvalue weighted by molar-refractivity contribution is 6.05. The molecule has 1 fully saturated rings. The quantitative estimate of drug-likeness (QED) is 0.704. The van der Waals surface area contributed by atoms with Crippen molar-refractivity contribution in [3.05, 3.63) is 48.2 Å². The number of rotatable bonds is 5. The Balaban J connectivity index is 1.53. The van der Waals surface area contributed by atoms with Crippen LogP contribution < -0.4 is 10.6 Å². The summed E-state index contributed by atoms with van der Waals surface area (Å²) in [4.78, 5) is 33.1. The van der Waals surface area contributed by atoms with Crippen LogP contribution in [0.4, 0.5) is 15.8 Å². The van der Waals surface area contributed by atoms with Gasteiger partial charge in [0.25, 0.3) is 5.91 Å². The molecule has 0 atom stereocenters. The Morgan fingerprint density at radius 2 is 1.96 bits per heavy atom. The molecule has 4 rings (SSSR count). The molecule has 8 heteroatoms. The Morgan fingerprint density at radius 3 is 2.68 bits per heavy atom. The molecule has 2 aromatic heterocycles. The van der Waals surface area contributed by atoms with Crippen LogP contribution in [0.15, 0.2) is 36.8 Å². The number of anilines is 2. The van der Waals surface area contributed by atoms with Crippen LogP contribution in [0, 0.1) is 11.7 Å². The van der Waals surface area contributed by atoms with Crippen LogP contribution in [0.25, 0.3) is 11.2 Å². The number of halogens is 1. The molecule has 0 radical (unpaired) electrons. The number of hydrogen-bond donors (Lipinski definition) is 2. The van der Waals surface area contributed by atoms with Gasteiger partial charge in [-0.1, -0.05) is 13.8 Å². The first kappa shape index (κ1) is 18.1. The molecule has 2 heterocycles. The third kappa shape index (κ3) is 3.58. The maximum absolute atomic E-state index is 14.0. The van der Waals surface area contributed by atoms with E-state index >= 15 is 0 Å². The Bertz CT molecular complexity index is 1070. The summed E-state index contributed by atoms with van der Waals surface area (Å²) in [6.07, 6.45) is 5.50. The van der Waals surface area contributed by atoms with Crippen molar-refractivity contribution in [2.45, 2.75) is 32.7 Å². The van der Waals surface area contributed by atoms with Gasteiger partial charge in [0.05, 0.1) is 17.6 Å². The number of carbonyl (C=O) groups excluding carboxylic acids is 2.